The van der Waals surface area contributed by atoms with Crippen LogP contribution in [0.3, 0.4) is 0 Å². The number of hydrogen-bond donors (Lipinski definition) is 1. The molecule has 0 spiro atoms. The van der Waals surface area contributed by atoms with E-state index in [-0.39, 0.29) is 24.6 Å². The van der Waals surface area contributed by atoms with E-state index >= 15 is 0 Å². The Labute approximate surface area is 148 Å². The number of fused-ring (bicyclic) bond motifs is 1. The van der Waals surface area contributed by atoms with Gasteiger partial charge in [0, 0.05) is 12.2 Å². The average molecular weight is 357 g/mol. The van der Waals surface area contributed by atoms with Gasteiger partial charge in [0.15, 0.2) is 0 Å². The molecule has 2 aromatic heterocycles. The number of carbonyl (C=O) groups excluding carboxylic acids is 1. The van der Waals surface area contributed by atoms with Crippen molar-refractivity contribution < 1.29 is 4.79 Å². The largest absolute Gasteiger partial charge is 0.331 e. The summed E-state index contributed by atoms with van der Waals surface area (Å²) in [6.45, 7) is 3.93. The summed E-state index contributed by atoms with van der Waals surface area (Å²) in [6.07, 6.45) is 0.929. The lowest BCUT2D eigenvalue weighted by Crippen LogP contribution is -2.40. The van der Waals surface area contributed by atoms with Crippen LogP contribution in [0.2, 0.25) is 0 Å². The Bertz CT molecular complexity index is 1030. The first-order chi connectivity index (χ1) is 12.0. The summed E-state index contributed by atoms with van der Waals surface area (Å²) in [6, 6.07) is 9.29. The lowest BCUT2D eigenvalue weighted by Gasteiger charge is -2.11. The van der Waals surface area contributed by atoms with Crippen LogP contribution in [0.15, 0.2) is 45.3 Å². The molecule has 0 aliphatic heterocycles. The number of aromatic nitrogens is 2. The van der Waals surface area contributed by atoms with Crippen molar-refractivity contribution in [3.05, 3.63) is 62.1 Å². The summed E-state index contributed by atoms with van der Waals surface area (Å²) < 4.78 is 3.00. The zero-order chi connectivity index (χ0) is 18.0. The van der Waals surface area contributed by atoms with Crippen molar-refractivity contribution in [3.8, 4) is 0 Å². The minimum Gasteiger partial charge on any atom is -0.325 e. The Morgan fingerprint density at radius 1 is 1.08 bits per heavy atom. The highest BCUT2D eigenvalue weighted by Gasteiger charge is 2.15. The number of carbonyl (C=O) groups is 1. The molecule has 0 saturated heterocycles. The van der Waals surface area contributed by atoms with Crippen molar-refractivity contribution in [1.29, 1.82) is 0 Å². The normalized spacial score (nSPS) is 11.0. The Hall–Kier alpha value is -2.67. The van der Waals surface area contributed by atoms with E-state index in [2.05, 4.69) is 12.2 Å². The number of amides is 1. The Morgan fingerprint density at radius 2 is 1.80 bits per heavy atom. The molecule has 3 aromatic rings. The quantitative estimate of drug-likeness (QED) is 0.762. The van der Waals surface area contributed by atoms with Gasteiger partial charge in [0.2, 0.25) is 5.91 Å². The highest BCUT2D eigenvalue weighted by atomic mass is 32.1. The van der Waals surface area contributed by atoms with E-state index in [1.54, 1.807) is 18.4 Å². The summed E-state index contributed by atoms with van der Waals surface area (Å²) in [5.41, 5.74) is 1.60. The second kappa shape index (κ2) is 7.06. The standard InChI is InChI=1S/C18H19N3O3S/c1-3-12-5-7-13(8-6-12)19-15(22)11-21-14-9-10-25-16(14)17(23)20(4-2)18(21)24/h5-10H,3-4,11H2,1-2H3,(H,19,22). The van der Waals surface area contributed by atoms with Crippen molar-refractivity contribution >= 4 is 33.1 Å². The first-order valence-corrected chi connectivity index (χ1v) is 9.02. The molecular formula is C18H19N3O3S. The lowest BCUT2D eigenvalue weighted by atomic mass is 10.1. The van der Waals surface area contributed by atoms with E-state index in [0.717, 1.165) is 11.0 Å². The molecule has 0 bridgehead atoms. The van der Waals surface area contributed by atoms with Gasteiger partial charge in [-0.15, -0.1) is 11.3 Å². The molecule has 1 amide bonds. The molecule has 0 aliphatic rings. The van der Waals surface area contributed by atoms with E-state index < -0.39 is 5.69 Å². The lowest BCUT2D eigenvalue weighted by molar-refractivity contribution is -0.116. The third-order valence-electron chi connectivity index (χ3n) is 4.10. The Kier molecular flexibility index (Phi) is 4.85. The van der Waals surface area contributed by atoms with Crippen LogP contribution in [0.1, 0.15) is 19.4 Å². The van der Waals surface area contributed by atoms with Gasteiger partial charge in [-0.3, -0.25) is 18.7 Å². The van der Waals surface area contributed by atoms with Crippen molar-refractivity contribution in [3.63, 3.8) is 0 Å². The predicted octanol–water partition coefficient (Wildman–Crippen LogP) is 2.45. The molecule has 2 heterocycles. The number of aryl methyl sites for hydroxylation is 1. The molecule has 7 heteroatoms. The maximum atomic E-state index is 12.6. The molecule has 130 valence electrons. The van der Waals surface area contributed by atoms with Gasteiger partial charge >= 0.3 is 5.69 Å². The molecule has 0 fully saturated rings. The molecule has 0 atom stereocenters. The van der Waals surface area contributed by atoms with Gasteiger partial charge in [0.25, 0.3) is 5.56 Å². The zero-order valence-electron chi connectivity index (χ0n) is 14.1. The van der Waals surface area contributed by atoms with Crippen LogP contribution in [-0.4, -0.2) is 15.0 Å². The fraction of sp³-hybridized carbons (Fsp3) is 0.278. The number of rotatable bonds is 5. The predicted molar refractivity (Wildman–Crippen MR) is 100 cm³/mol. The highest BCUT2D eigenvalue weighted by Crippen LogP contribution is 2.15. The van der Waals surface area contributed by atoms with Gasteiger partial charge in [-0.05, 0) is 42.5 Å². The van der Waals surface area contributed by atoms with Gasteiger partial charge in [-0.1, -0.05) is 19.1 Å². The van der Waals surface area contributed by atoms with Gasteiger partial charge in [0.05, 0.1) is 5.52 Å². The van der Waals surface area contributed by atoms with E-state index in [1.807, 2.05) is 24.3 Å². The fourth-order valence-electron chi connectivity index (χ4n) is 2.73. The molecule has 1 aromatic carbocycles. The summed E-state index contributed by atoms with van der Waals surface area (Å²) in [7, 11) is 0. The van der Waals surface area contributed by atoms with Crippen LogP contribution in [0.5, 0.6) is 0 Å². The van der Waals surface area contributed by atoms with Crippen LogP contribution in [0, 0.1) is 0 Å². The van der Waals surface area contributed by atoms with Crippen molar-refractivity contribution in [2.24, 2.45) is 0 Å². The maximum Gasteiger partial charge on any atom is 0.331 e. The highest BCUT2D eigenvalue weighted by molar-refractivity contribution is 7.17. The summed E-state index contributed by atoms with van der Waals surface area (Å²) in [5, 5.41) is 4.55. The summed E-state index contributed by atoms with van der Waals surface area (Å²) in [4.78, 5) is 37.2. The van der Waals surface area contributed by atoms with E-state index in [0.29, 0.717) is 15.9 Å². The van der Waals surface area contributed by atoms with Crippen LogP contribution < -0.4 is 16.6 Å². The molecule has 0 aliphatic carbocycles. The van der Waals surface area contributed by atoms with Crippen LogP contribution in [0.25, 0.3) is 10.2 Å². The summed E-state index contributed by atoms with van der Waals surface area (Å²) >= 11 is 1.28. The van der Waals surface area contributed by atoms with Gasteiger partial charge < -0.3 is 5.32 Å². The number of benzene rings is 1. The molecule has 25 heavy (non-hydrogen) atoms. The first kappa shape index (κ1) is 17.2. The Morgan fingerprint density at radius 3 is 2.44 bits per heavy atom. The zero-order valence-corrected chi connectivity index (χ0v) is 14.9. The number of thiophene rings is 1. The monoisotopic (exact) mass is 357 g/mol. The fourth-order valence-corrected chi connectivity index (χ4v) is 3.58. The molecule has 0 unspecified atom stereocenters. The van der Waals surface area contributed by atoms with Crippen LogP contribution in [-0.2, 0) is 24.3 Å². The van der Waals surface area contributed by atoms with Gasteiger partial charge in [-0.25, -0.2) is 4.79 Å². The third kappa shape index (κ3) is 3.28. The van der Waals surface area contributed by atoms with E-state index in [1.165, 1.54) is 21.5 Å². The minimum atomic E-state index is -0.463. The SMILES string of the molecule is CCc1ccc(NC(=O)Cn2c(=O)n(CC)c(=O)c3sccc32)cc1. The van der Waals surface area contributed by atoms with Crippen LogP contribution >= 0.6 is 11.3 Å². The van der Waals surface area contributed by atoms with Crippen molar-refractivity contribution in [1.82, 2.24) is 9.13 Å². The smallest absolute Gasteiger partial charge is 0.325 e. The number of nitrogens with one attached hydrogen (secondary N) is 1. The second-order valence-corrected chi connectivity index (χ2v) is 6.57. The number of hydrogen-bond acceptors (Lipinski definition) is 4. The van der Waals surface area contributed by atoms with Gasteiger partial charge in [0.1, 0.15) is 11.2 Å². The topological polar surface area (TPSA) is 73.1 Å². The summed E-state index contributed by atoms with van der Waals surface area (Å²) in [5.74, 6) is -0.305. The van der Waals surface area contributed by atoms with E-state index in [9.17, 15) is 14.4 Å². The first-order valence-electron chi connectivity index (χ1n) is 8.14. The molecule has 0 radical (unpaired) electrons. The molecule has 3 rings (SSSR count). The van der Waals surface area contributed by atoms with Crippen molar-refractivity contribution in [2.75, 3.05) is 5.32 Å². The minimum absolute atomic E-state index is 0.137. The van der Waals surface area contributed by atoms with Crippen molar-refractivity contribution in [2.45, 2.75) is 33.4 Å². The second-order valence-electron chi connectivity index (χ2n) is 5.65. The maximum absolute atomic E-state index is 12.6. The molecular weight excluding hydrogens is 338 g/mol. The molecule has 1 N–H and O–H groups in total. The van der Waals surface area contributed by atoms with Crippen LogP contribution in [0.4, 0.5) is 5.69 Å². The molecule has 0 saturated carbocycles. The van der Waals surface area contributed by atoms with Gasteiger partial charge in [-0.2, -0.15) is 0 Å². The number of anilines is 1. The third-order valence-corrected chi connectivity index (χ3v) is 4.99. The number of nitrogens with zero attached hydrogens (tertiary/aromatic N) is 2. The average Bonchev–Trinajstić information content (AvgIpc) is 3.10. The Balaban J connectivity index is 1.91. The van der Waals surface area contributed by atoms with E-state index in [4.69, 9.17) is 0 Å². The molecule has 6 nitrogen and oxygen atoms in total.